The molecule has 1 N–H and O–H groups in total. The van der Waals surface area contributed by atoms with E-state index >= 15 is 0 Å². The zero-order valence-electron chi connectivity index (χ0n) is 18.4. The van der Waals surface area contributed by atoms with Crippen molar-refractivity contribution in [1.82, 2.24) is 0 Å². The zero-order chi connectivity index (χ0) is 23.4. The number of amides is 3. The summed E-state index contributed by atoms with van der Waals surface area (Å²) in [5.41, 5.74) is 4.11. The van der Waals surface area contributed by atoms with E-state index in [-0.39, 0.29) is 24.1 Å². The number of nitrogens with zero attached hydrogens (tertiary/aromatic N) is 1. The van der Waals surface area contributed by atoms with E-state index in [9.17, 15) is 14.4 Å². The lowest BCUT2D eigenvalue weighted by molar-refractivity contribution is -0.121. The van der Waals surface area contributed by atoms with E-state index in [1.165, 1.54) is 22.7 Å². The van der Waals surface area contributed by atoms with Crippen molar-refractivity contribution < 1.29 is 14.4 Å². The lowest BCUT2D eigenvalue weighted by Crippen LogP contribution is -2.32. The van der Waals surface area contributed by atoms with E-state index in [0.29, 0.717) is 11.4 Å². The van der Waals surface area contributed by atoms with Crippen LogP contribution in [0.4, 0.5) is 11.4 Å². The Morgan fingerprint density at radius 1 is 0.939 bits per heavy atom. The first kappa shape index (κ1) is 22.6. The highest BCUT2D eigenvalue weighted by atomic mass is 32.2. The number of nitrogens with one attached hydrogen (secondary N) is 1. The summed E-state index contributed by atoms with van der Waals surface area (Å²) in [6.07, 6.45) is 3.41. The van der Waals surface area contributed by atoms with Crippen LogP contribution in [0.1, 0.15) is 23.1 Å². The number of aryl methyl sites for hydroxylation is 2. The van der Waals surface area contributed by atoms with E-state index in [0.717, 1.165) is 21.6 Å². The average molecular weight is 457 g/mol. The summed E-state index contributed by atoms with van der Waals surface area (Å²) < 4.78 is 0. The summed E-state index contributed by atoms with van der Waals surface area (Å²) in [6, 6.07) is 22.6. The molecule has 0 spiro atoms. The van der Waals surface area contributed by atoms with Crippen molar-refractivity contribution in [3.8, 4) is 0 Å². The minimum absolute atomic E-state index is 0.167. The zero-order valence-corrected chi connectivity index (χ0v) is 19.3. The number of rotatable bonds is 6. The molecule has 1 saturated heterocycles. The summed E-state index contributed by atoms with van der Waals surface area (Å²) in [6.45, 7) is 3.82. The molecule has 0 aromatic heterocycles. The molecule has 0 saturated carbocycles. The van der Waals surface area contributed by atoms with Crippen LogP contribution in [0.3, 0.4) is 0 Å². The Bertz CT molecular complexity index is 1200. The quantitative estimate of drug-likeness (QED) is 0.400. The van der Waals surface area contributed by atoms with Gasteiger partial charge in [-0.3, -0.25) is 14.4 Å². The van der Waals surface area contributed by atoms with Crippen LogP contribution in [0, 0.1) is 13.8 Å². The smallest absolute Gasteiger partial charge is 0.248 e. The van der Waals surface area contributed by atoms with Crippen molar-refractivity contribution in [2.75, 3.05) is 10.2 Å². The molecule has 0 radical (unpaired) electrons. The van der Waals surface area contributed by atoms with E-state index < -0.39 is 5.25 Å². The molecule has 0 bridgehead atoms. The molecule has 1 atom stereocenters. The number of anilines is 2. The predicted molar refractivity (Wildman–Crippen MR) is 133 cm³/mol. The van der Waals surface area contributed by atoms with E-state index in [1.807, 2.05) is 74.5 Å². The molecule has 166 valence electrons. The first-order valence-corrected chi connectivity index (χ1v) is 11.5. The van der Waals surface area contributed by atoms with Crippen LogP contribution in [0.15, 0.2) is 83.8 Å². The van der Waals surface area contributed by atoms with Gasteiger partial charge in [0.25, 0.3) is 0 Å². The second kappa shape index (κ2) is 9.88. The van der Waals surface area contributed by atoms with Crippen molar-refractivity contribution >= 4 is 46.9 Å². The van der Waals surface area contributed by atoms with Crippen LogP contribution < -0.4 is 10.2 Å². The molecule has 3 aromatic carbocycles. The van der Waals surface area contributed by atoms with Gasteiger partial charge in [-0.25, -0.2) is 4.90 Å². The molecule has 3 aromatic rings. The molecular weight excluding hydrogens is 432 g/mol. The van der Waals surface area contributed by atoms with Crippen molar-refractivity contribution in [3.05, 3.63) is 95.6 Å². The van der Waals surface area contributed by atoms with Gasteiger partial charge in [0.2, 0.25) is 17.7 Å². The third-order valence-corrected chi connectivity index (χ3v) is 6.59. The number of carbonyl (C=O) groups is 3. The summed E-state index contributed by atoms with van der Waals surface area (Å²) >= 11 is 1.37. The van der Waals surface area contributed by atoms with Gasteiger partial charge in [-0.1, -0.05) is 48.5 Å². The minimum atomic E-state index is -0.467. The molecule has 5 nitrogen and oxygen atoms in total. The van der Waals surface area contributed by atoms with Crippen LogP contribution in [0.25, 0.3) is 6.08 Å². The topological polar surface area (TPSA) is 66.5 Å². The summed E-state index contributed by atoms with van der Waals surface area (Å²) in [4.78, 5) is 40.1. The molecule has 1 fully saturated rings. The number of imide groups is 1. The van der Waals surface area contributed by atoms with Gasteiger partial charge in [0.05, 0.1) is 10.9 Å². The van der Waals surface area contributed by atoms with Crippen molar-refractivity contribution in [2.45, 2.75) is 30.4 Å². The van der Waals surface area contributed by atoms with Crippen LogP contribution in [-0.2, 0) is 14.4 Å². The molecule has 1 heterocycles. The van der Waals surface area contributed by atoms with Crippen LogP contribution in [0.5, 0.6) is 0 Å². The number of thioether (sulfide) groups is 1. The normalized spacial score (nSPS) is 15.9. The maximum atomic E-state index is 13.0. The van der Waals surface area contributed by atoms with Gasteiger partial charge in [0, 0.05) is 23.1 Å². The summed E-state index contributed by atoms with van der Waals surface area (Å²) in [5, 5.41) is 2.36. The Hall–Kier alpha value is -3.64. The number of hydrogen-bond acceptors (Lipinski definition) is 4. The van der Waals surface area contributed by atoms with Gasteiger partial charge in [0.1, 0.15) is 0 Å². The third-order valence-electron chi connectivity index (χ3n) is 5.40. The molecule has 1 unspecified atom stereocenters. The number of para-hydroxylation sites is 1. The highest BCUT2D eigenvalue weighted by molar-refractivity contribution is 8.00. The van der Waals surface area contributed by atoms with Crippen molar-refractivity contribution in [1.29, 1.82) is 0 Å². The molecule has 33 heavy (non-hydrogen) atoms. The minimum Gasteiger partial charge on any atom is -0.323 e. The molecule has 1 aliphatic heterocycles. The summed E-state index contributed by atoms with van der Waals surface area (Å²) in [5.74, 6) is -0.588. The highest BCUT2D eigenvalue weighted by Gasteiger charge is 2.41. The molecule has 0 aliphatic carbocycles. The van der Waals surface area contributed by atoms with Crippen LogP contribution in [0.2, 0.25) is 0 Å². The predicted octanol–water partition coefficient (Wildman–Crippen LogP) is 5.38. The first-order chi connectivity index (χ1) is 15.9. The lowest BCUT2D eigenvalue weighted by atomic mass is 10.1. The van der Waals surface area contributed by atoms with Gasteiger partial charge >= 0.3 is 0 Å². The molecule has 4 rings (SSSR count). The van der Waals surface area contributed by atoms with Crippen LogP contribution >= 0.6 is 11.8 Å². The fourth-order valence-electron chi connectivity index (χ4n) is 3.79. The van der Waals surface area contributed by atoms with Crippen LogP contribution in [-0.4, -0.2) is 23.0 Å². The highest BCUT2D eigenvalue weighted by Crippen LogP contribution is 2.36. The van der Waals surface area contributed by atoms with Gasteiger partial charge in [0.15, 0.2) is 0 Å². The standard InChI is InChI=1S/C27H24N2O3S/c1-18-7-6-8-19(2)26(18)29-25(31)17-23(27(29)32)33-22-14-12-21(13-15-22)28-24(30)16-11-20-9-4-3-5-10-20/h3-16,23H,17H2,1-2H3,(H,28,30)/b16-11+. The Labute approximate surface area is 197 Å². The van der Waals surface area contributed by atoms with E-state index in [2.05, 4.69) is 5.32 Å². The Morgan fingerprint density at radius 2 is 1.61 bits per heavy atom. The maximum Gasteiger partial charge on any atom is 0.248 e. The Kier molecular flexibility index (Phi) is 6.75. The number of carbonyl (C=O) groups excluding carboxylic acids is 3. The summed E-state index contributed by atoms with van der Waals surface area (Å²) in [7, 11) is 0. The second-order valence-electron chi connectivity index (χ2n) is 7.88. The van der Waals surface area contributed by atoms with E-state index in [4.69, 9.17) is 0 Å². The molecular formula is C27H24N2O3S. The molecule has 1 aliphatic rings. The Balaban J connectivity index is 1.39. The van der Waals surface area contributed by atoms with E-state index in [1.54, 1.807) is 18.2 Å². The second-order valence-corrected chi connectivity index (χ2v) is 9.15. The van der Waals surface area contributed by atoms with Crippen molar-refractivity contribution in [3.63, 3.8) is 0 Å². The van der Waals surface area contributed by atoms with Gasteiger partial charge < -0.3 is 5.32 Å². The first-order valence-electron chi connectivity index (χ1n) is 10.7. The maximum absolute atomic E-state index is 13.0. The SMILES string of the molecule is Cc1cccc(C)c1N1C(=O)CC(Sc2ccc(NC(=O)/C=C/c3ccccc3)cc2)C1=O. The molecule has 6 heteroatoms. The third kappa shape index (κ3) is 5.23. The average Bonchev–Trinajstić information content (AvgIpc) is 3.07. The molecule has 3 amide bonds. The van der Waals surface area contributed by atoms with Gasteiger partial charge in [-0.2, -0.15) is 0 Å². The fraction of sp³-hybridized carbons (Fsp3) is 0.148. The number of hydrogen-bond donors (Lipinski definition) is 1. The Morgan fingerprint density at radius 3 is 2.27 bits per heavy atom. The largest absolute Gasteiger partial charge is 0.323 e. The van der Waals surface area contributed by atoms with Crippen molar-refractivity contribution in [2.24, 2.45) is 0 Å². The fourth-order valence-corrected chi connectivity index (χ4v) is 4.84. The van der Waals surface area contributed by atoms with Gasteiger partial charge in [-0.05, 0) is 60.9 Å². The van der Waals surface area contributed by atoms with Gasteiger partial charge in [-0.15, -0.1) is 11.8 Å². The number of benzene rings is 3. The monoisotopic (exact) mass is 456 g/mol. The lowest BCUT2D eigenvalue weighted by Gasteiger charge is -2.19.